The van der Waals surface area contributed by atoms with Gasteiger partial charge in [-0.1, -0.05) is 98.8 Å². The van der Waals surface area contributed by atoms with Gasteiger partial charge in [0, 0.05) is 33.9 Å². The summed E-state index contributed by atoms with van der Waals surface area (Å²) in [7, 11) is 0. The molecule has 0 fully saturated rings. The van der Waals surface area contributed by atoms with E-state index in [-0.39, 0.29) is 5.41 Å². The fourth-order valence-electron chi connectivity index (χ4n) is 6.81. The lowest BCUT2D eigenvalue weighted by Gasteiger charge is -2.27. The van der Waals surface area contributed by atoms with E-state index in [9.17, 15) is 0 Å². The van der Waals surface area contributed by atoms with Gasteiger partial charge in [-0.3, -0.25) is 4.98 Å². The van der Waals surface area contributed by atoms with Crippen molar-refractivity contribution in [3.05, 3.63) is 157 Å². The van der Waals surface area contributed by atoms with E-state index in [1.807, 2.05) is 18.3 Å². The van der Waals surface area contributed by atoms with E-state index in [1.165, 1.54) is 43.8 Å². The molecule has 0 radical (unpaired) electrons. The van der Waals surface area contributed by atoms with Crippen LogP contribution in [0.15, 0.2) is 146 Å². The molecule has 0 saturated carbocycles. The minimum absolute atomic E-state index is 0.0398. The zero-order valence-corrected chi connectivity index (χ0v) is 23.8. The third-order valence-corrected chi connectivity index (χ3v) is 8.88. The summed E-state index contributed by atoms with van der Waals surface area (Å²) >= 11 is 0. The van der Waals surface area contributed by atoms with Gasteiger partial charge in [-0.05, 0) is 93.0 Å². The molecule has 6 aromatic carbocycles. The number of pyridine rings is 1. The first-order chi connectivity index (χ1) is 20.6. The Kier molecular flexibility index (Phi) is 5.52. The van der Waals surface area contributed by atoms with Gasteiger partial charge in [-0.25, -0.2) is 0 Å². The molecule has 0 saturated heterocycles. The van der Waals surface area contributed by atoms with E-state index in [1.54, 1.807) is 0 Å². The molecule has 42 heavy (non-hydrogen) atoms. The smallest absolute Gasteiger partial charge is 0.0702 e. The molecule has 2 heteroatoms. The third-order valence-electron chi connectivity index (χ3n) is 8.88. The SMILES string of the molecule is CC1(C)c2ccccc2-c2cc3ccc4c(N(c5ccccc5)c5cccc(-c6ccccn6)c5)cccc4c3cc21. The first kappa shape index (κ1) is 24.6. The molecule has 0 amide bonds. The van der Waals surface area contributed by atoms with Crippen molar-refractivity contribution in [2.45, 2.75) is 19.3 Å². The van der Waals surface area contributed by atoms with Crippen LogP contribution in [0.2, 0.25) is 0 Å². The average molecular weight is 539 g/mol. The number of aromatic nitrogens is 1. The number of hydrogen-bond donors (Lipinski definition) is 0. The van der Waals surface area contributed by atoms with Gasteiger partial charge in [0.05, 0.1) is 11.4 Å². The fraction of sp³-hybridized carbons (Fsp3) is 0.0750. The summed E-state index contributed by atoms with van der Waals surface area (Å²) in [6.07, 6.45) is 1.85. The van der Waals surface area contributed by atoms with Crippen LogP contribution in [0.5, 0.6) is 0 Å². The molecule has 1 aromatic heterocycles. The lowest BCUT2D eigenvalue weighted by molar-refractivity contribution is 0.661. The van der Waals surface area contributed by atoms with Gasteiger partial charge in [0.15, 0.2) is 0 Å². The molecular formula is C40H30N2. The molecule has 0 spiro atoms. The number of para-hydroxylation sites is 1. The molecule has 0 atom stereocenters. The Balaban J connectivity index is 1.35. The highest BCUT2D eigenvalue weighted by Gasteiger charge is 2.35. The van der Waals surface area contributed by atoms with Gasteiger partial charge in [-0.15, -0.1) is 0 Å². The fourth-order valence-corrected chi connectivity index (χ4v) is 6.81. The molecule has 8 rings (SSSR count). The zero-order chi connectivity index (χ0) is 28.3. The first-order valence-electron chi connectivity index (χ1n) is 14.6. The Morgan fingerprint density at radius 1 is 0.524 bits per heavy atom. The van der Waals surface area contributed by atoms with Crippen LogP contribution < -0.4 is 4.90 Å². The number of nitrogens with zero attached hydrogens (tertiary/aromatic N) is 2. The quantitative estimate of drug-likeness (QED) is 0.207. The topological polar surface area (TPSA) is 16.1 Å². The van der Waals surface area contributed by atoms with Crippen molar-refractivity contribution in [2.75, 3.05) is 4.90 Å². The van der Waals surface area contributed by atoms with Crippen LogP contribution in [-0.2, 0) is 5.41 Å². The van der Waals surface area contributed by atoms with Gasteiger partial charge >= 0.3 is 0 Å². The van der Waals surface area contributed by atoms with Crippen molar-refractivity contribution in [2.24, 2.45) is 0 Å². The molecule has 0 N–H and O–H groups in total. The van der Waals surface area contributed by atoms with E-state index >= 15 is 0 Å². The predicted molar refractivity (Wildman–Crippen MR) is 177 cm³/mol. The highest BCUT2D eigenvalue weighted by atomic mass is 15.1. The van der Waals surface area contributed by atoms with E-state index in [0.717, 1.165) is 28.3 Å². The first-order valence-corrected chi connectivity index (χ1v) is 14.6. The van der Waals surface area contributed by atoms with E-state index < -0.39 is 0 Å². The maximum Gasteiger partial charge on any atom is 0.0702 e. The van der Waals surface area contributed by atoms with Crippen molar-refractivity contribution >= 4 is 38.6 Å². The maximum absolute atomic E-state index is 4.62. The minimum atomic E-state index is -0.0398. The molecule has 0 aliphatic heterocycles. The Bertz CT molecular complexity index is 2110. The number of anilines is 3. The summed E-state index contributed by atoms with van der Waals surface area (Å²) in [5, 5.41) is 5.06. The number of benzene rings is 6. The van der Waals surface area contributed by atoms with E-state index in [0.29, 0.717) is 0 Å². The molecule has 0 bridgehead atoms. The van der Waals surface area contributed by atoms with Crippen LogP contribution in [0.1, 0.15) is 25.0 Å². The maximum atomic E-state index is 4.62. The van der Waals surface area contributed by atoms with E-state index in [2.05, 4.69) is 151 Å². The van der Waals surface area contributed by atoms with Crippen LogP contribution in [0.25, 0.3) is 43.9 Å². The summed E-state index contributed by atoms with van der Waals surface area (Å²) in [4.78, 5) is 6.98. The Morgan fingerprint density at radius 3 is 2.17 bits per heavy atom. The number of rotatable bonds is 4. The van der Waals surface area contributed by atoms with Crippen LogP contribution in [0.4, 0.5) is 17.1 Å². The second kappa shape index (κ2) is 9.43. The molecule has 0 unspecified atom stereocenters. The number of fused-ring (bicyclic) bond motifs is 6. The lowest BCUT2D eigenvalue weighted by atomic mass is 9.81. The second-order valence-corrected chi connectivity index (χ2v) is 11.7. The Labute approximate surface area is 246 Å². The van der Waals surface area contributed by atoms with Gasteiger partial charge < -0.3 is 4.90 Å². The minimum Gasteiger partial charge on any atom is -0.310 e. The molecule has 7 aromatic rings. The normalized spacial score (nSPS) is 13.2. The third kappa shape index (κ3) is 3.76. The highest BCUT2D eigenvalue weighted by Crippen LogP contribution is 2.51. The van der Waals surface area contributed by atoms with Crippen molar-refractivity contribution in [3.63, 3.8) is 0 Å². The van der Waals surface area contributed by atoms with Crippen LogP contribution in [-0.4, -0.2) is 4.98 Å². The Morgan fingerprint density at radius 2 is 1.31 bits per heavy atom. The summed E-state index contributed by atoms with van der Waals surface area (Å²) in [6, 6.07) is 50.4. The molecule has 1 aliphatic carbocycles. The van der Waals surface area contributed by atoms with Crippen molar-refractivity contribution in [1.29, 1.82) is 0 Å². The van der Waals surface area contributed by atoms with Crippen molar-refractivity contribution in [1.82, 2.24) is 4.98 Å². The highest BCUT2D eigenvalue weighted by molar-refractivity contribution is 6.14. The molecule has 200 valence electrons. The van der Waals surface area contributed by atoms with Crippen molar-refractivity contribution in [3.8, 4) is 22.4 Å². The van der Waals surface area contributed by atoms with E-state index in [4.69, 9.17) is 0 Å². The van der Waals surface area contributed by atoms with Gasteiger partial charge in [0.2, 0.25) is 0 Å². The van der Waals surface area contributed by atoms with Crippen molar-refractivity contribution < 1.29 is 0 Å². The summed E-state index contributed by atoms with van der Waals surface area (Å²) in [5.41, 5.74) is 10.9. The summed E-state index contributed by atoms with van der Waals surface area (Å²) in [5.74, 6) is 0. The lowest BCUT2D eigenvalue weighted by Crippen LogP contribution is -2.14. The molecule has 2 nitrogen and oxygen atoms in total. The number of hydrogen-bond acceptors (Lipinski definition) is 2. The van der Waals surface area contributed by atoms with Gasteiger partial charge in [0.25, 0.3) is 0 Å². The second-order valence-electron chi connectivity index (χ2n) is 11.7. The Hall–Kier alpha value is -5.21. The predicted octanol–water partition coefficient (Wildman–Crippen LogP) is 10.8. The molecule has 1 heterocycles. The van der Waals surface area contributed by atoms with Crippen LogP contribution in [0, 0.1) is 0 Å². The summed E-state index contributed by atoms with van der Waals surface area (Å²) in [6.45, 7) is 4.71. The van der Waals surface area contributed by atoms with Crippen LogP contribution in [0.3, 0.4) is 0 Å². The molecule has 1 aliphatic rings. The zero-order valence-electron chi connectivity index (χ0n) is 23.8. The largest absolute Gasteiger partial charge is 0.310 e. The molecular weight excluding hydrogens is 508 g/mol. The summed E-state index contributed by atoms with van der Waals surface area (Å²) < 4.78 is 0. The standard InChI is InChI=1S/C40H30N2/c1-40(2)36-18-7-6-16-32(36)35-25-27-21-22-33-31(34(27)26-37(35)40)17-11-20-39(33)42(29-13-4-3-5-14-29)30-15-10-12-28(24-30)38-19-8-9-23-41-38/h3-26H,1-2H3. The van der Waals surface area contributed by atoms with Crippen LogP contribution >= 0.6 is 0 Å². The van der Waals surface area contributed by atoms with Gasteiger partial charge in [-0.2, -0.15) is 0 Å². The average Bonchev–Trinajstić information content (AvgIpc) is 3.27. The van der Waals surface area contributed by atoms with Gasteiger partial charge in [0.1, 0.15) is 0 Å². The monoisotopic (exact) mass is 538 g/mol.